The van der Waals surface area contributed by atoms with Crippen molar-refractivity contribution >= 4 is 21.7 Å². The van der Waals surface area contributed by atoms with Crippen molar-refractivity contribution < 1.29 is 22.4 Å². The van der Waals surface area contributed by atoms with Crippen LogP contribution in [-0.2, 0) is 19.4 Å². The molecular formula is C16H23FN2O4S. The van der Waals surface area contributed by atoms with E-state index in [-0.39, 0.29) is 4.90 Å². The molecule has 0 aliphatic rings. The lowest BCUT2D eigenvalue weighted by atomic mass is 10.0. The van der Waals surface area contributed by atoms with E-state index in [1.54, 1.807) is 0 Å². The molecule has 0 fully saturated rings. The minimum Gasteiger partial charge on any atom is -0.354 e. The lowest BCUT2D eigenvalue weighted by Gasteiger charge is -2.29. The molecule has 0 radical (unpaired) electrons. The third kappa shape index (κ3) is 5.59. The minimum absolute atomic E-state index is 0.109. The van der Waals surface area contributed by atoms with Gasteiger partial charge >= 0.3 is 0 Å². The molecule has 8 heteroatoms. The highest BCUT2D eigenvalue weighted by molar-refractivity contribution is 7.91. The SMILES string of the molecule is CCCCNC(=O)C(C)(CS(=O)(=O)c1ccc(F)cc1)NC(C)=O. The Morgan fingerprint density at radius 1 is 1.21 bits per heavy atom. The van der Waals surface area contributed by atoms with Crippen LogP contribution in [-0.4, -0.2) is 38.1 Å². The zero-order valence-electron chi connectivity index (χ0n) is 14.1. The molecule has 1 aromatic rings. The first-order valence-corrected chi connectivity index (χ1v) is 9.31. The summed E-state index contributed by atoms with van der Waals surface area (Å²) >= 11 is 0. The number of sulfone groups is 1. The largest absolute Gasteiger partial charge is 0.354 e. The Kier molecular flexibility index (Phi) is 6.89. The highest BCUT2D eigenvalue weighted by atomic mass is 32.2. The van der Waals surface area contributed by atoms with E-state index in [0.717, 1.165) is 37.1 Å². The average molecular weight is 358 g/mol. The standard InChI is InChI=1S/C16H23FN2O4S/c1-4-5-10-18-15(21)16(3,19-12(2)20)11-24(22,23)14-8-6-13(17)7-9-14/h6-9H,4-5,10-11H2,1-3H3,(H,18,21)(H,19,20). The number of benzene rings is 1. The van der Waals surface area contributed by atoms with E-state index in [4.69, 9.17) is 0 Å². The van der Waals surface area contributed by atoms with Crippen LogP contribution in [0, 0.1) is 5.82 Å². The van der Waals surface area contributed by atoms with Crippen molar-refractivity contribution in [3.05, 3.63) is 30.1 Å². The van der Waals surface area contributed by atoms with E-state index in [1.165, 1.54) is 13.8 Å². The maximum atomic E-state index is 13.0. The molecule has 0 spiro atoms. The van der Waals surface area contributed by atoms with Gasteiger partial charge in [0.2, 0.25) is 11.8 Å². The van der Waals surface area contributed by atoms with Crippen molar-refractivity contribution in [1.82, 2.24) is 10.6 Å². The van der Waals surface area contributed by atoms with Gasteiger partial charge in [0.1, 0.15) is 11.4 Å². The first-order chi connectivity index (χ1) is 11.1. The van der Waals surface area contributed by atoms with Crippen LogP contribution in [0.25, 0.3) is 0 Å². The summed E-state index contributed by atoms with van der Waals surface area (Å²) in [6.45, 7) is 4.91. The first kappa shape index (κ1) is 20.1. The van der Waals surface area contributed by atoms with Crippen molar-refractivity contribution in [2.24, 2.45) is 0 Å². The number of unbranched alkanes of at least 4 members (excludes halogenated alkanes) is 1. The summed E-state index contributed by atoms with van der Waals surface area (Å²) in [4.78, 5) is 23.7. The Hall–Kier alpha value is -1.96. The fraction of sp³-hybridized carbons (Fsp3) is 0.500. The third-order valence-corrected chi connectivity index (χ3v) is 5.37. The maximum absolute atomic E-state index is 13.0. The molecule has 24 heavy (non-hydrogen) atoms. The number of halogens is 1. The van der Waals surface area contributed by atoms with Gasteiger partial charge in [0, 0.05) is 13.5 Å². The van der Waals surface area contributed by atoms with Gasteiger partial charge in [-0.2, -0.15) is 0 Å². The van der Waals surface area contributed by atoms with Gasteiger partial charge in [-0.15, -0.1) is 0 Å². The van der Waals surface area contributed by atoms with E-state index in [2.05, 4.69) is 10.6 Å². The van der Waals surface area contributed by atoms with Gasteiger partial charge in [-0.05, 0) is 37.6 Å². The molecule has 1 atom stereocenters. The van der Waals surface area contributed by atoms with Crippen LogP contribution in [0.2, 0.25) is 0 Å². The van der Waals surface area contributed by atoms with Gasteiger partial charge < -0.3 is 10.6 Å². The zero-order valence-corrected chi connectivity index (χ0v) is 14.9. The van der Waals surface area contributed by atoms with Crippen LogP contribution in [0.3, 0.4) is 0 Å². The number of carbonyl (C=O) groups is 2. The van der Waals surface area contributed by atoms with Crippen molar-refractivity contribution in [3.8, 4) is 0 Å². The van der Waals surface area contributed by atoms with Gasteiger partial charge in [0.15, 0.2) is 9.84 Å². The van der Waals surface area contributed by atoms with Gasteiger partial charge in [0.05, 0.1) is 10.6 Å². The van der Waals surface area contributed by atoms with Gasteiger partial charge in [-0.1, -0.05) is 13.3 Å². The van der Waals surface area contributed by atoms with Crippen LogP contribution in [0.1, 0.15) is 33.6 Å². The molecule has 0 aliphatic heterocycles. The second-order valence-corrected chi connectivity index (χ2v) is 7.83. The monoisotopic (exact) mass is 358 g/mol. The summed E-state index contributed by atoms with van der Waals surface area (Å²) in [5.74, 6) is -2.27. The highest BCUT2D eigenvalue weighted by Gasteiger charge is 2.39. The predicted molar refractivity (Wildman–Crippen MR) is 88.6 cm³/mol. The van der Waals surface area contributed by atoms with Gasteiger partial charge in [0.25, 0.3) is 0 Å². The second kappa shape index (κ2) is 8.23. The quantitative estimate of drug-likeness (QED) is 0.543. The molecule has 6 nitrogen and oxygen atoms in total. The van der Waals surface area contributed by atoms with Crippen molar-refractivity contribution in [3.63, 3.8) is 0 Å². The summed E-state index contributed by atoms with van der Waals surface area (Å²) in [5.41, 5.74) is -1.62. The Labute approximate surface area is 141 Å². The van der Waals surface area contributed by atoms with E-state index < -0.39 is 38.8 Å². The topological polar surface area (TPSA) is 92.3 Å². The molecule has 134 valence electrons. The van der Waals surface area contributed by atoms with Crippen molar-refractivity contribution in [2.45, 2.75) is 44.0 Å². The molecule has 2 N–H and O–H groups in total. The highest BCUT2D eigenvalue weighted by Crippen LogP contribution is 2.18. The number of amides is 2. The Morgan fingerprint density at radius 2 is 1.79 bits per heavy atom. The van der Waals surface area contributed by atoms with E-state index in [1.807, 2.05) is 6.92 Å². The fourth-order valence-electron chi connectivity index (χ4n) is 2.23. The molecule has 1 unspecified atom stereocenters. The number of hydrogen-bond acceptors (Lipinski definition) is 4. The number of carbonyl (C=O) groups excluding carboxylic acids is 2. The number of rotatable bonds is 8. The normalized spacial score (nSPS) is 13.8. The molecule has 1 aromatic carbocycles. The fourth-order valence-corrected chi connectivity index (χ4v) is 3.91. The Balaban J connectivity index is 3.05. The average Bonchev–Trinajstić information content (AvgIpc) is 2.46. The van der Waals surface area contributed by atoms with Gasteiger partial charge in [-0.25, -0.2) is 12.8 Å². The van der Waals surface area contributed by atoms with Crippen LogP contribution < -0.4 is 10.6 Å². The molecule has 0 aliphatic carbocycles. The summed E-state index contributed by atoms with van der Waals surface area (Å²) in [7, 11) is -3.90. The molecule has 1 rings (SSSR count). The maximum Gasteiger partial charge on any atom is 0.246 e. The Bertz CT molecular complexity index is 689. The molecule has 0 saturated heterocycles. The predicted octanol–water partition coefficient (Wildman–Crippen LogP) is 1.41. The van der Waals surface area contributed by atoms with E-state index in [9.17, 15) is 22.4 Å². The minimum atomic E-state index is -3.90. The molecule has 2 amide bonds. The summed E-state index contributed by atoms with van der Waals surface area (Å²) in [6.07, 6.45) is 1.61. The molecule has 0 saturated carbocycles. The smallest absolute Gasteiger partial charge is 0.246 e. The molecular weight excluding hydrogens is 335 g/mol. The van der Waals surface area contributed by atoms with Gasteiger partial charge in [-0.3, -0.25) is 9.59 Å². The molecule has 0 bridgehead atoms. The molecule has 0 heterocycles. The molecule has 0 aromatic heterocycles. The zero-order chi connectivity index (χ0) is 18.4. The van der Waals surface area contributed by atoms with E-state index in [0.29, 0.717) is 6.54 Å². The Morgan fingerprint density at radius 3 is 2.29 bits per heavy atom. The first-order valence-electron chi connectivity index (χ1n) is 7.66. The lowest BCUT2D eigenvalue weighted by Crippen LogP contribution is -2.60. The van der Waals surface area contributed by atoms with Crippen LogP contribution >= 0.6 is 0 Å². The van der Waals surface area contributed by atoms with Crippen LogP contribution in [0.5, 0.6) is 0 Å². The van der Waals surface area contributed by atoms with Crippen LogP contribution in [0.15, 0.2) is 29.2 Å². The number of nitrogens with one attached hydrogen (secondary N) is 2. The van der Waals surface area contributed by atoms with Crippen LogP contribution in [0.4, 0.5) is 4.39 Å². The summed E-state index contributed by atoms with van der Waals surface area (Å²) in [6, 6.07) is 4.33. The third-order valence-electron chi connectivity index (χ3n) is 3.42. The second-order valence-electron chi connectivity index (χ2n) is 5.84. The lowest BCUT2D eigenvalue weighted by molar-refractivity contribution is -0.131. The van der Waals surface area contributed by atoms with Crippen molar-refractivity contribution in [2.75, 3.05) is 12.3 Å². The van der Waals surface area contributed by atoms with Crippen molar-refractivity contribution in [1.29, 1.82) is 0 Å². The summed E-state index contributed by atoms with van der Waals surface area (Å²) in [5, 5.41) is 5.05. The number of hydrogen-bond donors (Lipinski definition) is 2. The summed E-state index contributed by atoms with van der Waals surface area (Å²) < 4.78 is 38.0. The van der Waals surface area contributed by atoms with E-state index >= 15 is 0 Å².